The van der Waals surface area contributed by atoms with Crippen LogP contribution in [0.2, 0.25) is 0 Å². The second-order valence-corrected chi connectivity index (χ2v) is 5.40. The van der Waals surface area contributed by atoms with E-state index in [1.54, 1.807) is 0 Å². The molecular weight excluding hydrogens is 146 g/mol. The molecule has 0 aromatic rings. The van der Waals surface area contributed by atoms with Gasteiger partial charge in [-0.3, -0.25) is 0 Å². The van der Waals surface area contributed by atoms with Gasteiger partial charge in [-0.15, -0.1) is 0 Å². The molecule has 0 aliphatic heterocycles. The van der Waals surface area contributed by atoms with E-state index in [-0.39, 0.29) is 0 Å². The molecular formula is C11H21N. The number of hydrogen-bond acceptors (Lipinski definition) is 1. The molecule has 0 radical (unpaired) electrons. The van der Waals surface area contributed by atoms with Crippen molar-refractivity contribution in [2.75, 3.05) is 0 Å². The first-order valence-corrected chi connectivity index (χ1v) is 5.24. The second kappa shape index (κ2) is 2.25. The standard InChI is InChI=1S/C11H21N/c1-6-7(2)10(12)9-5-11(9,4)8(6)3/h6-10H,5,12H2,1-4H3. The Labute approximate surface area is 75.7 Å². The Balaban J connectivity index is 2.22. The third-order valence-electron chi connectivity index (χ3n) is 5.08. The lowest BCUT2D eigenvalue weighted by molar-refractivity contribution is 0.105. The number of rotatable bonds is 0. The predicted octanol–water partition coefficient (Wildman–Crippen LogP) is 2.26. The average molecular weight is 167 g/mol. The van der Waals surface area contributed by atoms with E-state index >= 15 is 0 Å². The minimum absolute atomic E-state index is 0.473. The third-order valence-corrected chi connectivity index (χ3v) is 5.08. The summed E-state index contributed by atoms with van der Waals surface area (Å²) in [5, 5.41) is 0. The normalized spacial score (nSPS) is 64.2. The molecule has 2 aliphatic rings. The van der Waals surface area contributed by atoms with Crippen molar-refractivity contribution in [1.29, 1.82) is 0 Å². The van der Waals surface area contributed by atoms with Crippen molar-refractivity contribution < 1.29 is 0 Å². The van der Waals surface area contributed by atoms with Gasteiger partial charge in [0.15, 0.2) is 0 Å². The fourth-order valence-electron chi connectivity index (χ4n) is 3.29. The SMILES string of the molecule is CC1C(C)C(C)C2(C)CC2C1N. The lowest BCUT2D eigenvalue weighted by Gasteiger charge is -2.40. The summed E-state index contributed by atoms with van der Waals surface area (Å²) in [5.74, 6) is 3.24. The van der Waals surface area contributed by atoms with Crippen molar-refractivity contribution in [2.24, 2.45) is 34.8 Å². The quantitative estimate of drug-likeness (QED) is 0.588. The summed E-state index contributed by atoms with van der Waals surface area (Å²) in [6.45, 7) is 9.52. The Hall–Kier alpha value is -0.0400. The van der Waals surface area contributed by atoms with Crippen LogP contribution < -0.4 is 5.73 Å². The van der Waals surface area contributed by atoms with Crippen LogP contribution in [0.1, 0.15) is 34.1 Å². The fourth-order valence-corrected chi connectivity index (χ4v) is 3.29. The van der Waals surface area contributed by atoms with E-state index in [9.17, 15) is 0 Å². The van der Waals surface area contributed by atoms with Crippen LogP contribution in [0.25, 0.3) is 0 Å². The molecule has 0 aromatic carbocycles. The van der Waals surface area contributed by atoms with Gasteiger partial charge in [-0.25, -0.2) is 0 Å². The Morgan fingerprint density at radius 3 is 2.33 bits per heavy atom. The molecule has 0 bridgehead atoms. The maximum absolute atomic E-state index is 6.20. The van der Waals surface area contributed by atoms with Gasteiger partial charge in [0.2, 0.25) is 0 Å². The highest BCUT2D eigenvalue weighted by molar-refractivity contribution is 5.12. The monoisotopic (exact) mass is 167 g/mol. The van der Waals surface area contributed by atoms with Crippen LogP contribution in [0.15, 0.2) is 0 Å². The summed E-state index contributed by atoms with van der Waals surface area (Å²) >= 11 is 0. The van der Waals surface area contributed by atoms with E-state index in [4.69, 9.17) is 5.73 Å². The van der Waals surface area contributed by atoms with E-state index in [0.717, 1.165) is 23.7 Å². The zero-order chi connectivity index (χ0) is 9.09. The zero-order valence-corrected chi connectivity index (χ0v) is 8.67. The third kappa shape index (κ3) is 0.834. The van der Waals surface area contributed by atoms with Crippen LogP contribution in [0.4, 0.5) is 0 Å². The van der Waals surface area contributed by atoms with Gasteiger partial charge in [-0.05, 0) is 35.5 Å². The van der Waals surface area contributed by atoms with Gasteiger partial charge in [0, 0.05) is 6.04 Å². The van der Waals surface area contributed by atoms with Crippen molar-refractivity contribution in [2.45, 2.75) is 40.2 Å². The number of hydrogen-bond donors (Lipinski definition) is 1. The van der Waals surface area contributed by atoms with Gasteiger partial charge in [0.05, 0.1) is 0 Å². The van der Waals surface area contributed by atoms with Crippen LogP contribution in [0, 0.1) is 29.1 Å². The Bertz CT molecular complexity index is 196. The summed E-state index contributed by atoms with van der Waals surface area (Å²) in [5.41, 5.74) is 6.80. The Kier molecular flexibility index (Phi) is 1.61. The second-order valence-electron chi connectivity index (χ2n) is 5.40. The maximum atomic E-state index is 6.20. The van der Waals surface area contributed by atoms with Crippen molar-refractivity contribution in [3.05, 3.63) is 0 Å². The Morgan fingerprint density at radius 2 is 1.75 bits per heavy atom. The van der Waals surface area contributed by atoms with Crippen LogP contribution in [-0.4, -0.2) is 6.04 Å². The lowest BCUT2D eigenvalue weighted by Crippen LogP contribution is -2.44. The first kappa shape index (κ1) is 8.55. The number of nitrogens with two attached hydrogens (primary N) is 1. The molecule has 0 amide bonds. The van der Waals surface area contributed by atoms with Gasteiger partial charge in [0.25, 0.3) is 0 Å². The summed E-state index contributed by atoms with van der Waals surface area (Å²) < 4.78 is 0. The largest absolute Gasteiger partial charge is 0.327 e. The van der Waals surface area contributed by atoms with Crippen molar-refractivity contribution >= 4 is 0 Å². The van der Waals surface area contributed by atoms with Gasteiger partial charge in [-0.1, -0.05) is 27.7 Å². The molecule has 1 nitrogen and oxygen atoms in total. The van der Waals surface area contributed by atoms with E-state index in [0.29, 0.717) is 11.5 Å². The summed E-state index contributed by atoms with van der Waals surface area (Å²) in [7, 11) is 0. The van der Waals surface area contributed by atoms with Crippen molar-refractivity contribution in [3.8, 4) is 0 Å². The fraction of sp³-hybridized carbons (Fsp3) is 1.00. The van der Waals surface area contributed by atoms with Crippen LogP contribution in [-0.2, 0) is 0 Å². The van der Waals surface area contributed by atoms with Crippen molar-refractivity contribution in [1.82, 2.24) is 0 Å². The van der Waals surface area contributed by atoms with E-state index in [2.05, 4.69) is 27.7 Å². The maximum Gasteiger partial charge on any atom is 0.0101 e. The first-order chi connectivity index (χ1) is 5.48. The van der Waals surface area contributed by atoms with Gasteiger partial charge >= 0.3 is 0 Å². The molecule has 0 saturated heterocycles. The molecule has 1 heteroatoms. The summed E-state index contributed by atoms with van der Waals surface area (Å²) in [4.78, 5) is 0. The first-order valence-electron chi connectivity index (χ1n) is 5.24. The molecule has 2 rings (SSSR count). The molecule has 6 atom stereocenters. The van der Waals surface area contributed by atoms with Gasteiger partial charge in [0.1, 0.15) is 0 Å². The van der Waals surface area contributed by atoms with E-state index in [1.165, 1.54) is 6.42 Å². The van der Waals surface area contributed by atoms with Crippen molar-refractivity contribution in [3.63, 3.8) is 0 Å². The molecule has 2 N–H and O–H groups in total. The van der Waals surface area contributed by atoms with E-state index in [1.807, 2.05) is 0 Å². The highest BCUT2D eigenvalue weighted by Crippen LogP contribution is 2.65. The molecule has 2 aliphatic carbocycles. The molecule has 12 heavy (non-hydrogen) atoms. The van der Waals surface area contributed by atoms with Gasteiger partial charge in [-0.2, -0.15) is 0 Å². The van der Waals surface area contributed by atoms with Crippen LogP contribution in [0.3, 0.4) is 0 Å². The highest BCUT2D eigenvalue weighted by Gasteiger charge is 2.61. The molecule has 0 aromatic heterocycles. The summed E-state index contributed by atoms with van der Waals surface area (Å²) in [6, 6.07) is 0.473. The molecule has 6 unspecified atom stereocenters. The highest BCUT2D eigenvalue weighted by atomic mass is 14.8. The average Bonchev–Trinajstić information content (AvgIpc) is 2.72. The zero-order valence-electron chi connectivity index (χ0n) is 8.67. The molecule has 0 heterocycles. The number of fused-ring (bicyclic) bond motifs is 1. The molecule has 2 saturated carbocycles. The topological polar surface area (TPSA) is 26.0 Å². The minimum atomic E-state index is 0.473. The molecule has 2 fully saturated rings. The smallest absolute Gasteiger partial charge is 0.0101 e. The Morgan fingerprint density at radius 1 is 1.17 bits per heavy atom. The molecule has 0 spiro atoms. The van der Waals surface area contributed by atoms with E-state index < -0.39 is 0 Å². The lowest BCUT2D eigenvalue weighted by atomic mass is 9.67. The minimum Gasteiger partial charge on any atom is -0.327 e. The summed E-state index contributed by atoms with van der Waals surface area (Å²) in [6.07, 6.45) is 1.38. The predicted molar refractivity (Wildman–Crippen MR) is 51.7 cm³/mol. The molecule has 70 valence electrons. The van der Waals surface area contributed by atoms with Crippen LogP contribution >= 0.6 is 0 Å². The van der Waals surface area contributed by atoms with Crippen LogP contribution in [0.5, 0.6) is 0 Å². The van der Waals surface area contributed by atoms with Gasteiger partial charge < -0.3 is 5.73 Å².